The van der Waals surface area contributed by atoms with E-state index >= 15 is 0 Å². The SMILES string of the molecule is C=C1C[n+]2ccc([P+](C)(C)C)cc2-c2ccccc2C1(CC)CC. The van der Waals surface area contributed by atoms with Crippen molar-refractivity contribution >= 4 is 12.6 Å². The summed E-state index contributed by atoms with van der Waals surface area (Å²) in [4.78, 5) is 0. The number of benzene rings is 1. The van der Waals surface area contributed by atoms with E-state index in [1.807, 2.05) is 0 Å². The van der Waals surface area contributed by atoms with Crippen molar-refractivity contribution < 1.29 is 4.57 Å². The maximum atomic E-state index is 4.52. The van der Waals surface area contributed by atoms with E-state index in [0.29, 0.717) is 0 Å². The average Bonchev–Trinajstić information content (AvgIpc) is 2.66. The van der Waals surface area contributed by atoms with Crippen molar-refractivity contribution in [2.75, 3.05) is 20.0 Å². The van der Waals surface area contributed by atoms with Gasteiger partial charge >= 0.3 is 0 Å². The van der Waals surface area contributed by atoms with Crippen LogP contribution in [0, 0.1) is 0 Å². The number of nitrogens with zero attached hydrogens (tertiary/aromatic N) is 1. The summed E-state index contributed by atoms with van der Waals surface area (Å²) in [6, 6.07) is 13.7. The second-order valence-corrected chi connectivity index (χ2v) is 12.4. The molecule has 0 aliphatic carbocycles. The topological polar surface area (TPSA) is 3.88 Å². The fraction of sp³-hybridized carbons (Fsp3) is 0.409. The van der Waals surface area contributed by atoms with Crippen LogP contribution in [0.5, 0.6) is 0 Å². The van der Waals surface area contributed by atoms with Crippen molar-refractivity contribution in [3.63, 3.8) is 0 Å². The van der Waals surface area contributed by atoms with Gasteiger partial charge in [0.2, 0.25) is 5.69 Å². The first-order chi connectivity index (χ1) is 11.3. The van der Waals surface area contributed by atoms with Crippen molar-refractivity contribution in [1.82, 2.24) is 0 Å². The highest BCUT2D eigenvalue weighted by molar-refractivity contribution is 7.80. The number of aromatic nitrogens is 1. The lowest BCUT2D eigenvalue weighted by Gasteiger charge is -2.32. The zero-order chi connectivity index (χ0) is 17.5. The Bertz CT molecular complexity index is 779. The summed E-state index contributed by atoms with van der Waals surface area (Å²) in [5, 5.41) is 1.50. The molecule has 0 saturated heterocycles. The first kappa shape index (κ1) is 17.4. The Labute approximate surface area is 147 Å². The molecule has 0 N–H and O–H groups in total. The average molecular weight is 339 g/mol. The summed E-state index contributed by atoms with van der Waals surface area (Å²) in [5.74, 6) is 0. The van der Waals surface area contributed by atoms with Crippen LogP contribution in [0.4, 0.5) is 0 Å². The van der Waals surface area contributed by atoms with Crippen molar-refractivity contribution in [2.24, 2.45) is 0 Å². The quantitative estimate of drug-likeness (QED) is 0.430. The first-order valence-electron chi connectivity index (χ1n) is 8.97. The molecule has 1 aliphatic heterocycles. The van der Waals surface area contributed by atoms with Gasteiger partial charge in [0.05, 0.1) is 31.6 Å². The lowest BCUT2D eigenvalue weighted by Crippen LogP contribution is -2.39. The molecule has 0 atom stereocenters. The van der Waals surface area contributed by atoms with Crippen molar-refractivity contribution in [1.29, 1.82) is 0 Å². The summed E-state index contributed by atoms with van der Waals surface area (Å²) in [6.45, 7) is 17.2. The Morgan fingerprint density at radius 3 is 2.38 bits per heavy atom. The third-order valence-corrected chi connectivity index (χ3v) is 7.58. The number of allylic oxidation sites excluding steroid dienone is 1. The van der Waals surface area contributed by atoms with Gasteiger partial charge in [-0.1, -0.05) is 38.6 Å². The van der Waals surface area contributed by atoms with E-state index in [0.717, 1.165) is 19.4 Å². The number of rotatable bonds is 3. The summed E-state index contributed by atoms with van der Waals surface area (Å²) in [5.41, 5.74) is 5.61. The molecule has 2 heterocycles. The molecule has 0 amide bonds. The van der Waals surface area contributed by atoms with Crippen molar-refractivity contribution in [3.8, 4) is 11.3 Å². The summed E-state index contributed by atoms with van der Waals surface area (Å²) >= 11 is 0. The van der Waals surface area contributed by atoms with Crippen LogP contribution in [0.15, 0.2) is 54.7 Å². The van der Waals surface area contributed by atoms with Crippen LogP contribution in [-0.4, -0.2) is 20.0 Å². The number of hydrogen-bond acceptors (Lipinski definition) is 0. The normalized spacial score (nSPS) is 16.3. The molecule has 1 nitrogen and oxygen atoms in total. The highest BCUT2D eigenvalue weighted by Crippen LogP contribution is 2.47. The largest absolute Gasteiger partial charge is 0.217 e. The van der Waals surface area contributed by atoms with Gasteiger partial charge in [-0.3, -0.25) is 0 Å². The van der Waals surface area contributed by atoms with Gasteiger partial charge in [-0.25, -0.2) is 0 Å². The molecule has 0 bridgehead atoms. The van der Waals surface area contributed by atoms with E-state index in [1.165, 1.54) is 27.7 Å². The molecule has 0 spiro atoms. The van der Waals surface area contributed by atoms with Gasteiger partial charge in [0, 0.05) is 18.7 Å². The van der Waals surface area contributed by atoms with Crippen LogP contribution in [0.25, 0.3) is 11.3 Å². The van der Waals surface area contributed by atoms with Crippen LogP contribution in [0.2, 0.25) is 0 Å². The molecule has 1 aromatic heterocycles. The number of fused-ring (bicyclic) bond motifs is 3. The Morgan fingerprint density at radius 2 is 1.75 bits per heavy atom. The summed E-state index contributed by atoms with van der Waals surface area (Å²) in [7, 11) is -1.04. The zero-order valence-electron chi connectivity index (χ0n) is 15.8. The molecule has 0 unspecified atom stereocenters. The van der Waals surface area contributed by atoms with E-state index in [9.17, 15) is 0 Å². The van der Waals surface area contributed by atoms with Crippen LogP contribution in [0.3, 0.4) is 0 Å². The molecule has 2 aromatic rings. The van der Waals surface area contributed by atoms with E-state index in [2.05, 4.69) is 87.6 Å². The standard InChI is InChI=1S/C22H30NP/c1-7-22(8-2)17(3)16-23-14-13-18(24(4,5)6)15-21(23)19-11-9-10-12-20(19)22/h9-15H,3,7-8,16H2,1-2,4-6H3/q+2. The van der Waals surface area contributed by atoms with E-state index in [-0.39, 0.29) is 5.41 Å². The second kappa shape index (κ2) is 6.12. The van der Waals surface area contributed by atoms with Crippen LogP contribution in [0.1, 0.15) is 32.3 Å². The minimum Gasteiger partial charge on any atom is -0.194 e. The molecular weight excluding hydrogens is 309 g/mol. The predicted molar refractivity (Wildman–Crippen MR) is 108 cm³/mol. The highest BCUT2D eigenvalue weighted by Gasteiger charge is 2.40. The van der Waals surface area contributed by atoms with Crippen LogP contribution < -0.4 is 9.87 Å². The van der Waals surface area contributed by atoms with Gasteiger partial charge in [0.15, 0.2) is 12.7 Å². The summed E-state index contributed by atoms with van der Waals surface area (Å²) < 4.78 is 2.40. The zero-order valence-corrected chi connectivity index (χ0v) is 16.7. The fourth-order valence-electron chi connectivity index (χ4n) is 4.11. The smallest absolute Gasteiger partial charge is 0.194 e. The Hall–Kier alpha value is -1.46. The molecule has 126 valence electrons. The molecule has 24 heavy (non-hydrogen) atoms. The van der Waals surface area contributed by atoms with Gasteiger partial charge in [-0.05, 0) is 30.0 Å². The van der Waals surface area contributed by atoms with E-state index in [1.54, 1.807) is 0 Å². The van der Waals surface area contributed by atoms with Gasteiger partial charge in [-0.15, -0.1) is 0 Å². The van der Waals surface area contributed by atoms with Crippen LogP contribution in [-0.2, 0) is 12.0 Å². The molecule has 1 aliphatic rings. The predicted octanol–water partition coefficient (Wildman–Crippen LogP) is 4.80. The second-order valence-electron chi connectivity index (χ2n) is 7.85. The van der Waals surface area contributed by atoms with Gasteiger partial charge < -0.3 is 0 Å². The third kappa shape index (κ3) is 2.64. The molecule has 1 aromatic carbocycles. The summed E-state index contributed by atoms with van der Waals surface area (Å²) in [6.07, 6.45) is 4.49. The lowest BCUT2D eigenvalue weighted by atomic mass is 9.69. The minimum absolute atomic E-state index is 0.0830. The van der Waals surface area contributed by atoms with E-state index < -0.39 is 7.26 Å². The molecular formula is C22H30NP+2. The first-order valence-corrected chi connectivity index (χ1v) is 12.1. The monoisotopic (exact) mass is 339 g/mol. The number of hydrogen-bond donors (Lipinski definition) is 0. The van der Waals surface area contributed by atoms with Gasteiger partial charge in [-0.2, -0.15) is 4.57 Å². The molecule has 2 heteroatoms. The Balaban J connectivity index is 2.33. The Kier molecular flexibility index (Phi) is 4.43. The highest BCUT2D eigenvalue weighted by atomic mass is 31.2. The van der Waals surface area contributed by atoms with Crippen LogP contribution >= 0.6 is 7.26 Å². The van der Waals surface area contributed by atoms with E-state index in [4.69, 9.17) is 0 Å². The molecule has 0 fully saturated rings. The number of pyridine rings is 1. The van der Waals surface area contributed by atoms with Gasteiger partial charge in [0.25, 0.3) is 0 Å². The lowest BCUT2D eigenvalue weighted by molar-refractivity contribution is -0.678. The molecule has 0 saturated carbocycles. The van der Waals surface area contributed by atoms with Crippen molar-refractivity contribution in [3.05, 3.63) is 60.3 Å². The van der Waals surface area contributed by atoms with Gasteiger partial charge in [0.1, 0.15) is 5.30 Å². The fourth-order valence-corrected chi connectivity index (χ4v) is 5.13. The minimum atomic E-state index is -1.04. The third-order valence-electron chi connectivity index (χ3n) is 5.76. The molecule has 0 radical (unpaired) electrons. The van der Waals surface area contributed by atoms with Crippen molar-refractivity contribution in [2.45, 2.75) is 38.6 Å². The maximum Gasteiger partial charge on any atom is 0.217 e. The maximum absolute atomic E-state index is 4.52. The molecule has 3 rings (SSSR count). The Morgan fingerprint density at radius 1 is 1.08 bits per heavy atom.